The summed E-state index contributed by atoms with van der Waals surface area (Å²) in [7, 11) is 0. The average molecular weight is 922 g/mol. The van der Waals surface area contributed by atoms with Gasteiger partial charge in [-0.2, -0.15) is 19.0 Å². The lowest BCUT2D eigenvalue weighted by atomic mass is 10.3. The van der Waals surface area contributed by atoms with Crippen LogP contribution in [0.1, 0.15) is 26.0 Å². The van der Waals surface area contributed by atoms with Gasteiger partial charge < -0.3 is 20.6 Å². The number of carbonyl (C=O) groups excluding carboxylic acids is 3. The highest BCUT2D eigenvalue weighted by Crippen LogP contribution is 2.25. The number of aromatic amines is 1. The second kappa shape index (κ2) is 21.7. The smallest absolute Gasteiger partial charge is 0.373 e. The minimum Gasteiger partial charge on any atom is -0.491 e. The first-order valence-electron chi connectivity index (χ1n) is 17.3. The van der Waals surface area contributed by atoms with Crippen LogP contribution in [0, 0.1) is 34.5 Å². The number of nitrogens with two attached hydrogens (primary N) is 1. The van der Waals surface area contributed by atoms with E-state index >= 15 is 0 Å². The molecule has 8 aromatic heterocycles. The first-order valence-corrected chi connectivity index (χ1v) is 18.1. The van der Waals surface area contributed by atoms with Crippen LogP contribution in [0.2, 0.25) is 10.3 Å². The van der Waals surface area contributed by atoms with Crippen LogP contribution in [0.15, 0.2) is 78.4 Å². The number of nitrogens with zero attached hydrogens (tertiary/aromatic N) is 9. The number of alkyl halides is 1. The highest BCUT2D eigenvalue weighted by molar-refractivity contribution is 6.33. The Bertz CT molecular complexity index is 2990. The highest BCUT2D eigenvalue weighted by atomic mass is 35.5. The van der Waals surface area contributed by atoms with Crippen LogP contribution < -0.4 is 11.3 Å². The van der Waals surface area contributed by atoms with E-state index in [0.29, 0.717) is 28.3 Å². The monoisotopic (exact) mass is 920 g/mol. The van der Waals surface area contributed by atoms with Crippen LogP contribution >= 0.6 is 23.2 Å². The Morgan fingerprint density at radius 3 is 1.75 bits per heavy atom. The number of halogens is 8. The maximum atomic E-state index is 13.3. The van der Waals surface area contributed by atoms with E-state index in [1.54, 1.807) is 13.8 Å². The molecular weight excluding hydrogens is 893 g/mol. The number of aromatic nitrogens is 10. The second-order valence-electron chi connectivity index (χ2n) is 11.8. The molecular formula is C37H28Cl2F6N12O6. The molecule has 0 aromatic carbocycles. The molecule has 328 valence electrons. The van der Waals surface area contributed by atoms with Crippen LogP contribution in [-0.2, 0) is 19.1 Å². The van der Waals surface area contributed by atoms with Gasteiger partial charge in [-0.15, -0.1) is 0 Å². The fourth-order valence-electron chi connectivity index (χ4n) is 4.88. The Labute approximate surface area is 358 Å². The summed E-state index contributed by atoms with van der Waals surface area (Å²) in [6, 6.07) is 8.27. The molecule has 0 spiro atoms. The predicted molar refractivity (Wildman–Crippen MR) is 210 cm³/mol. The van der Waals surface area contributed by atoms with E-state index < -0.39 is 57.2 Å². The van der Waals surface area contributed by atoms with Crippen LogP contribution in [-0.4, -0.2) is 83.9 Å². The van der Waals surface area contributed by atoms with Crippen molar-refractivity contribution in [2.75, 3.05) is 6.61 Å². The topological polar surface area (TPSA) is 254 Å². The van der Waals surface area contributed by atoms with E-state index in [1.165, 1.54) is 80.6 Å². The number of amidine groups is 1. The molecule has 0 amide bonds. The lowest BCUT2D eigenvalue weighted by Crippen LogP contribution is -2.17. The first kappa shape index (κ1) is 48.0. The number of carbonyl (C=O) groups is 1. The molecule has 0 radical (unpaired) electrons. The molecule has 0 saturated carbocycles. The number of fused-ring (bicyclic) bond motifs is 3. The first-order chi connectivity index (χ1) is 29.9. The standard InChI is InChI=1S/C11H4Cl2F2N4.C11H6F2N4O2.C8H7FN4.C6H11FO2.CO2/c12-9-8(15)10(13)18-11(17-9)6-3-16-7-2-1-5(14)4-19(6)7;12-5-1-2-7-14-3-6(17(7)4-5)9-15-10(18)8(13)11(19)16-9;9-5-1-2-7-12-3-6(8(10)11)13(7)4-5;1-3-5(7)6(8)9-4-2;2-1-3/h1-4H;1-4H,(H2,15,16,18,19);1-4H,(H3,10,11);5H,3-4H2,1-2H3;. The molecule has 8 rings (SSSR count). The molecule has 0 aliphatic rings. The lowest BCUT2D eigenvalue weighted by molar-refractivity contribution is -0.191. The molecule has 0 saturated heterocycles. The zero-order valence-electron chi connectivity index (χ0n) is 32.0. The summed E-state index contributed by atoms with van der Waals surface area (Å²) in [6.45, 7) is 3.50. The van der Waals surface area contributed by atoms with Crippen molar-refractivity contribution in [3.63, 3.8) is 0 Å². The van der Waals surface area contributed by atoms with Crippen molar-refractivity contribution in [1.29, 1.82) is 5.41 Å². The Hall–Kier alpha value is -7.69. The third-order valence-electron chi connectivity index (χ3n) is 7.67. The number of imidazole rings is 3. The fourth-order valence-corrected chi connectivity index (χ4v) is 5.27. The lowest BCUT2D eigenvalue weighted by Gasteiger charge is -2.03. The van der Waals surface area contributed by atoms with E-state index in [4.69, 9.17) is 43.9 Å². The number of ether oxygens (including phenoxy) is 1. The van der Waals surface area contributed by atoms with Crippen LogP contribution in [0.4, 0.5) is 26.3 Å². The van der Waals surface area contributed by atoms with Gasteiger partial charge in [-0.1, -0.05) is 30.1 Å². The molecule has 18 nitrogen and oxygen atoms in total. The van der Waals surface area contributed by atoms with Gasteiger partial charge in [0.1, 0.15) is 57.3 Å². The Morgan fingerprint density at radius 2 is 1.27 bits per heavy atom. The van der Waals surface area contributed by atoms with Gasteiger partial charge in [0.15, 0.2) is 33.9 Å². The van der Waals surface area contributed by atoms with Crippen LogP contribution in [0.5, 0.6) is 5.88 Å². The van der Waals surface area contributed by atoms with Gasteiger partial charge in [0.05, 0.1) is 25.2 Å². The largest absolute Gasteiger partial charge is 0.491 e. The van der Waals surface area contributed by atoms with Crippen molar-refractivity contribution in [3.05, 3.63) is 129 Å². The van der Waals surface area contributed by atoms with Gasteiger partial charge in [-0.3, -0.25) is 23.4 Å². The van der Waals surface area contributed by atoms with Gasteiger partial charge in [0.2, 0.25) is 5.82 Å². The summed E-state index contributed by atoms with van der Waals surface area (Å²) in [5, 5.41) is 15.6. The Balaban J connectivity index is 0.000000187. The van der Waals surface area contributed by atoms with Crippen molar-refractivity contribution in [1.82, 2.24) is 48.1 Å². The number of esters is 1. The summed E-state index contributed by atoms with van der Waals surface area (Å²) in [4.78, 5) is 63.0. The Morgan fingerprint density at radius 1 is 0.810 bits per heavy atom. The highest BCUT2D eigenvalue weighted by Gasteiger charge is 2.17. The van der Waals surface area contributed by atoms with Gasteiger partial charge in [-0.25, -0.2) is 51.7 Å². The van der Waals surface area contributed by atoms with Gasteiger partial charge >= 0.3 is 12.1 Å². The van der Waals surface area contributed by atoms with Crippen molar-refractivity contribution < 1.29 is 50.6 Å². The SMILES string of the molecule is CCOC(=O)C(F)CC.Fc1ccc2ncc(-c3nc(Cl)c(F)c(Cl)n3)n2c1.N=C(N)c1cnc2ccc(F)cn12.O=C=O.O=c1[nH]c(-c2cnc3ccc(F)cn23)nc(O)c1F. The van der Waals surface area contributed by atoms with E-state index in [-0.39, 0.29) is 48.2 Å². The zero-order valence-corrected chi connectivity index (χ0v) is 33.5. The molecule has 8 aromatic rings. The zero-order chi connectivity index (χ0) is 46.5. The van der Waals surface area contributed by atoms with E-state index in [1.807, 2.05) is 0 Å². The number of hydrogen-bond acceptors (Lipinski definition) is 13. The van der Waals surface area contributed by atoms with Crippen molar-refractivity contribution in [2.45, 2.75) is 26.4 Å². The van der Waals surface area contributed by atoms with Crippen molar-refractivity contribution >= 4 is 58.1 Å². The molecule has 0 fully saturated rings. The number of nitrogen functional groups attached to an aromatic ring is 1. The Kier molecular flexibility index (Phi) is 16.5. The molecule has 26 heteroatoms. The summed E-state index contributed by atoms with van der Waals surface area (Å²) in [5.41, 5.74) is 6.63. The maximum absolute atomic E-state index is 13.3. The number of rotatable bonds is 6. The molecule has 5 N–H and O–H groups in total. The van der Waals surface area contributed by atoms with E-state index in [9.17, 15) is 41.0 Å². The normalized spacial score (nSPS) is 10.8. The minimum atomic E-state index is -1.44. The van der Waals surface area contributed by atoms with Crippen molar-refractivity contribution in [3.8, 4) is 28.9 Å². The third-order valence-corrected chi connectivity index (χ3v) is 8.17. The third kappa shape index (κ3) is 12.0. The molecule has 1 atom stereocenters. The second-order valence-corrected chi connectivity index (χ2v) is 12.5. The number of nitrogens with one attached hydrogen (secondary N) is 2. The molecule has 0 aliphatic heterocycles. The summed E-state index contributed by atoms with van der Waals surface area (Å²) in [6.07, 6.45) is 6.79. The molecule has 63 heavy (non-hydrogen) atoms. The quantitative estimate of drug-likeness (QED) is 0.0498. The molecule has 0 aliphatic carbocycles. The predicted octanol–water partition coefficient (Wildman–Crippen LogP) is 5.92. The number of H-pyrrole nitrogens is 1. The summed E-state index contributed by atoms with van der Waals surface area (Å²) < 4.78 is 86.3. The van der Waals surface area contributed by atoms with Crippen LogP contribution in [0.25, 0.3) is 40.0 Å². The van der Waals surface area contributed by atoms with Gasteiger partial charge in [0.25, 0.3) is 11.4 Å². The summed E-state index contributed by atoms with van der Waals surface area (Å²) >= 11 is 11.2. The average Bonchev–Trinajstić information content (AvgIpc) is 3.99. The molecule has 1 unspecified atom stereocenters. The van der Waals surface area contributed by atoms with Gasteiger partial charge in [-0.05, 0) is 49.7 Å². The van der Waals surface area contributed by atoms with E-state index in [2.05, 4.69) is 39.6 Å². The number of hydrogen-bond donors (Lipinski definition) is 4. The maximum Gasteiger partial charge on any atom is 0.373 e. The van der Waals surface area contributed by atoms with Crippen LogP contribution in [0.3, 0.4) is 0 Å². The minimum absolute atomic E-state index is 0.0644. The number of pyridine rings is 3. The fraction of sp³-hybridized carbons (Fsp3) is 0.135. The summed E-state index contributed by atoms with van der Waals surface area (Å²) in [5.74, 6) is -5.56. The van der Waals surface area contributed by atoms with Crippen molar-refractivity contribution in [2.24, 2.45) is 5.73 Å². The van der Waals surface area contributed by atoms with E-state index in [0.717, 1.165) is 6.20 Å². The van der Waals surface area contributed by atoms with Gasteiger partial charge in [0, 0.05) is 18.6 Å². The molecule has 8 heterocycles. The molecule has 0 bridgehead atoms. The number of aromatic hydroxyl groups is 1.